The van der Waals surface area contributed by atoms with E-state index < -0.39 is 9.85 Å². The molecule has 0 aliphatic heterocycles. The molecule has 0 saturated heterocycles. The highest BCUT2D eigenvalue weighted by Crippen LogP contribution is 2.26. The number of nitrogens with one attached hydrogen (secondary N) is 2. The van der Waals surface area contributed by atoms with E-state index in [1.165, 1.54) is 38.5 Å². The molecule has 2 aromatic heterocycles. The predicted octanol–water partition coefficient (Wildman–Crippen LogP) is 1.83. The third-order valence-corrected chi connectivity index (χ3v) is 3.22. The number of ether oxygens (including phenoxy) is 2. The van der Waals surface area contributed by atoms with Gasteiger partial charge in [-0.2, -0.15) is 9.97 Å². The standard InChI is InChI=1S/C14H16N6O6/c1-25-11-5-3-9(19(21)22)13(17-11)15-7-8-16-14-10(20(23)24)4-6-12(18-14)26-2/h3-6H,7-8H2,1-2H3,(H,15,17)(H,16,18). The monoisotopic (exact) mass is 364 g/mol. The van der Waals surface area contributed by atoms with Gasteiger partial charge in [0.1, 0.15) is 0 Å². The molecule has 0 saturated carbocycles. The lowest BCUT2D eigenvalue weighted by atomic mass is 10.3. The van der Waals surface area contributed by atoms with Crippen LogP contribution in [0.25, 0.3) is 0 Å². The number of nitrogens with zero attached hydrogens (tertiary/aromatic N) is 4. The normalized spacial score (nSPS) is 10.1. The first-order chi connectivity index (χ1) is 12.5. The van der Waals surface area contributed by atoms with Crippen molar-refractivity contribution in [2.45, 2.75) is 0 Å². The lowest BCUT2D eigenvalue weighted by Crippen LogP contribution is -2.16. The zero-order valence-corrected chi connectivity index (χ0v) is 14.0. The Balaban J connectivity index is 2.05. The van der Waals surface area contributed by atoms with E-state index in [0.29, 0.717) is 0 Å². The van der Waals surface area contributed by atoms with Gasteiger partial charge in [-0.1, -0.05) is 0 Å². The molecule has 0 spiro atoms. The molecule has 2 N–H and O–H groups in total. The summed E-state index contributed by atoms with van der Waals surface area (Å²) >= 11 is 0. The molecule has 0 aromatic carbocycles. The molecule has 0 bridgehead atoms. The molecule has 2 rings (SSSR count). The summed E-state index contributed by atoms with van der Waals surface area (Å²) in [6, 6.07) is 5.31. The zero-order valence-electron chi connectivity index (χ0n) is 14.0. The molecule has 0 amide bonds. The van der Waals surface area contributed by atoms with Gasteiger partial charge in [-0.3, -0.25) is 20.2 Å². The van der Waals surface area contributed by atoms with Crippen molar-refractivity contribution in [1.29, 1.82) is 0 Å². The van der Waals surface area contributed by atoms with E-state index in [1.807, 2.05) is 0 Å². The molecule has 2 heterocycles. The van der Waals surface area contributed by atoms with E-state index in [2.05, 4.69) is 20.6 Å². The molecule has 0 atom stereocenters. The van der Waals surface area contributed by atoms with Crippen molar-refractivity contribution in [3.63, 3.8) is 0 Å². The summed E-state index contributed by atoms with van der Waals surface area (Å²) in [4.78, 5) is 28.9. The third kappa shape index (κ3) is 4.43. The van der Waals surface area contributed by atoms with Gasteiger partial charge < -0.3 is 20.1 Å². The molecule has 26 heavy (non-hydrogen) atoms. The Morgan fingerprint density at radius 3 is 1.54 bits per heavy atom. The second-order valence-electron chi connectivity index (χ2n) is 4.81. The van der Waals surface area contributed by atoms with Crippen LogP contribution in [0.3, 0.4) is 0 Å². The second kappa shape index (κ2) is 8.41. The number of rotatable bonds is 9. The van der Waals surface area contributed by atoms with Crippen LogP contribution in [0.4, 0.5) is 23.0 Å². The van der Waals surface area contributed by atoms with Crippen LogP contribution in [0.15, 0.2) is 24.3 Å². The summed E-state index contributed by atoms with van der Waals surface area (Å²) in [6.07, 6.45) is 0. The van der Waals surface area contributed by atoms with Crippen LogP contribution in [0.2, 0.25) is 0 Å². The Kier molecular flexibility index (Phi) is 6.03. The second-order valence-corrected chi connectivity index (χ2v) is 4.81. The highest BCUT2D eigenvalue weighted by atomic mass is 16.6. The van der Waals surface area contributed by atoms with Crippen LogP contribution < -0.4 is 20.1 Å². The Labute approximate surface area is 147 Å². The average Bonchev–Trinajstić information content (AvgIpc) is 2.64. The highest BCUT2D eigenvalue weighted by molar-refractivity contribution is 5.58. The summed E-state index contributed by atoms with van der Waals surface area (Å²) in [6.45, 7) is 0.383. The lowest BCUT2D eigenvalue weighted by Gasteiger charge is -2.10. The molecular formula is C14H16N6O6. The van der Waals surface area contributed by atoms with Crippen LogP contribution in [0, 0.1) is 20.2 Å². The number of hydrogen-bond donors (Lipinski definition) is 2. The maximum atomic E-state index is 11.0. The minimum atomic E-state index is -0.573. The maximum Gasteiger partial charge on any atom is 0.311 e. The quantitative estimate of drug-likeness (QED) is 0.382. The van der Waals surface area contributed by atoms with Gasteiger partial charge in [0.2, 0.25) is 23.4 Å². The van der Waals surface area contributed by atoms with E-state index in [4.69, 9.17) is 9.47 Å². The smallest absolute Gasteiger partial charge is 0.311 e. The van der Waals surface area contributed by atoms with Gasteiger partial charge >= 0.3 is 11.4 Å². The zero-order chi connectivity index (χ0) is 19.1. The molecule has 138 valence electrons. The Hall–Kier alpha value is -3.70. The van der Waals surface area contributed by atoms with Crippen LogP contribution in [0.1, 0.15) is 0 Å². The molecule has 0 fully saturated rings. The molecule has 12 heteroatoms. The van der Waals surface area contributed by atoms with Crippen molar-refractivity contribution in [1.82, 2.24) is 9.97 Å². The number of hydrogen-bond acceptors (Lipinski definition) is 10. The summed E-state index contributed by atoms with van der Waals surface area (Å²) < 4.78 is 9.89. The topological polar surface area (TPSA) is 155 Å². The van der Waals surface area contributed by atoms with Crippen molar-refractivity contribution in [2.75, 3.05) is 37.9 Å². The Morgan fingerprint density at radius 2 is 1.23 bits per heavy atom. The molecule has 2 aromatic rings. The molecular weight excluding hydrogens is 348 g/mol. The van der Waals surface area contributed by atoms with Crippen molar-refractivity contribution >= 4 is 23.0 Å². The minimum absolute atomic E-state index is 0.0317. The van der Waals surface area contributed by atoms with Crippen molar-refractivity contribution in [3.05, 3.63) is 44.5 Å². The first-order valence-electron chi connectivity index (χ1n) is 7.33. The molecule has 0 unspecified atom stereocenters. The van der Waals surface area contributed by atoms with E-state index in [-0.39, 0.29) is 47.9 Å². The van der Waals surface area contributed by atoms with Crippen molar-refractivity contribution < 1.29 is 19.3 Å². The van der Waals surface area contributed by atoms with Gasteiger partial charge in [-0.25, -0.2) is 0 Å². The average molecular weight is 364 g/mol. The fourth-order valence-corrected chi connectivity index (χ4v) is 2.01. The number of pyridine rings is 2. The van der Waals surface area contributed by atoms with E-state index in [1.54, 1.807) is 0 Å². The number of nitro groups is 2. The third-order valence-electron chi connectivity index (χ3n) is 3.22. The molecule has 0 aliphatic rings. The van der Waals surface area contributed by atoms with Crippen LogP contribution in [-0.4, -0.2) is 47.1 Å². The van der Waals surface area contributed by atoms with Gasteiger partial charge in [0.15, 0.2) is 0 Å². The van der Waals surface area contributed by atoms with Gasteiger partial charge in [0, 0.05) is 37.4 Å². The van der Waals surface area contributed by atoms with Crippen LogP contribution in [-0.2, 0) is 0 Å². The molecule has 12 nitrogen and oxygen atoms in total. The first kappa shape index (κ1) is 18.6. The minimum Gasteiger partial charge on any atom is -0.481 e. The van der Waals surface area contributed by atoms with E-state index in [9.17, 15) is 20.2 Å². The summed E-state index contributed by atoms with van der Waals surface area (Å²) in [5, 5.41) is 27.7. The largest absolute Gasteiger partial charge is 0.481 e. The lowest BCUT2D eigenvalue weighted by molar-refractivity contribution is -0.384. The fraction of sp³-hybridized carbons (Fsp3) is 0.286. The van der Waals surface area contributed by atoms with E-state index in [0.717, 1.165) is 0 Å². The van der Waals surface area contributed by atoms with Gasteiger partial charge in [-0.05, 0) is 0 Å². The molecule has 0 radical (unpaired) electrons. The van der Waals surface area contributed by atoms with E-state index >= 15 is 0 Å². The summed E-state index contributed by atoms with van der Waals surface area (Å²) in [7, 11) is 2.79. The molecule has 0 aliphatic carbocycles. The van der Waals surface area contributed by atoms with Crippen LogP contribution in [0.5, 0.6) is 11.8 Å². The predicted molar refractivity (Wildman–Crippen MR) is 91.9 cm³/mol. The number of aromatic nitrogens is 2. The van der Waals surface area contributed by atoms with Gasteiger partial charge in [0.25, 0.3) is 0 Å². The number of anilines is 2. The summed E-state index contributed by atoms with van der Waals surface area (Å²) in [5.74, 6) is 0.501. The van der Waals surface area contributed by atoms with Crippen LogP contribution >= 0.6 is 0 Å². The highest BCUT2D eigenvalue weighted by Gasteiger charge is 2.18. The first-order valence-corrected chi connectivity index (χ1v) is 7.33. The van der Waals surface area contributed by atoms with Crippen molar-refractivity contribution in [2.24, 2.45) is 0 Å². The number of methoxy groups -OCH3 is 2. The summed E-state index contributed by atoms with van der Waals surface area (Å²) in [5.41, 5.74) is -0.424. The fourth-order valence-electron chi connectivity index (χ4n) is 2.01. The van der Waals surface area contributed by atoms with Gasteiger partial charge in [-0.15, -0.1) is 0 Å². The SMILES string of the molecule is COc1ccc([N+](=O)[O-])c(NCCNc2nc(OC)ccc2[N+](=O)[O-])n1. The van der Waals surface area contributed by atoms with Gasteiger partial charge in [0.05, 0.1) is 24.1 Å². The Bertz CT molecular complexity index is 747. The Morgan fingerprint density at radius 1 is 0.846 bits per heavy atom. The maximum absolute atomic E-state index is 11.0. The van der Waals surface area contributed by atoms with Crippen molar-refractivity contribution in [3.8, 4) is 11.8 Å².